The van der Waals surface area contributed by atoms with Crippen molar-refractivity contribution in [3.8, 4) is 34.3 Å². The minimum Gasteiger partial charge on any atom is -0.416 e. The van der Waals surface area contributed by atoms with Crippen molar-refractivity contribution in [3.63, 3.8) is 0 Å². The van der Waals surface area contributed by atoms with Gasteiger partial charge >= 0.3 is 0 Å². The van der Waals surface area contributed by atoms with E-state index in [0.717, 1.165) is 22.5 Å². The van der Waals surface area contributed by atoms with Crippen molar-refractivity contribution < 1.29 is 4.42 Å². The van der Waals surface area contributed by atoms with Gasteiger partial charge in [0.2, 0.25) is 11.8 Å². The Labute approximate surface area is 312 Å². The quantitative estimate of drug-likeness (QED) is 0.160. The molecule has 0 unspecified atom stereocenters. The van der Waals surface area contributed by atoms with E-state index in [2.05, 4.69) is 194 Å². The van der Waals surface area contributed by atoms with Crippen LogP contribution >= 0.6 is 0 Å². The molecular weight excluding hydrogens is 681 g/mol. The zero-order valence-electron chi connectivity index (χ0n) is 31.7. The molecule has 0 saturated carbocycles. The van der Waals surface area contributed by atoms with Crippen molar-refractivity contribution in [3.05, 3.63) is 132 Å². The van der Waals surface area contributed by atoms with Crippen LogP contribution < -0.4 is 10.4 Å². The fraction of sp³-hybridized carbons (Fsp3) is 0.174. The molecule has 0 fully saturated rings. The van der Waals surface area contributed by atoms with Crippen molar-refractivity contribution >= 4 is 70.1 Å². The van der Waals surface area contributed by atoms with Crippen LogP contribution in [0.1, 0.15) is 11.1 Å². The predicted octanol–water partition coefficient (Wildman–Crippen LogP) is 11.3. The molecule has 0 amide bonds. The molecule has 0 saturated heterocycles. The molecule has 7 heteroatoms. The van der Waals surface area contributed by atoms with Crippen LogP contribution in [0.25, 0.3) is 77.9 Å². The van der Waals surface area contributed by atoms with Crippen LogP contribution in [-0.4, -0.2) is 35.5 Å². The van der Waals surface area contributed by atoms with Crippen molar-refractivity contribution in [1.29, 1.82) is 0 Å². The maximum atomic E-state index is 6.29. The van der Waals surface area contributed by atoms with Gasteiger partial charge in [-0.1, -0.05) is 97.2 Å². The van der Waals surface area contributed by atoms with Crippen molar-refractivity contribution in [2.45, 2.75) is 53.1 Å². The van der Waals surface area contributed by atoms with Crippen molar-refractivity contribution in [1.82, 2.24) is 19.3 Å². The maximum Gasteiger partial charge on any atom is 0.248 e. The first-order valence-electron chi connectivity index (χ1n) is 18.5. The molecule has 0 spiro atoms. The molecule has 0 bridgehead atoms. The summed E-state index contributed by atoms with van der Waals surface area (Å²) < 4.78 is 11.0. The summed E-state index contributed by atoms with van der Waals surface area (Å²) in [6.45, 7) is 18.8. The SMILES string of the molecule is Cc1ccc2c(c1)c1cc(C)ccc1n2-c1ccc(-c2nnc(-c3ccc(-n4c5ccc([Si](C)(C)C)cc5c5cc([Si](C)(C)C)ccc54)cc3)o2)cc1. The Kier molecular flexibility index (Phi) is 7.56. The highest BCUT2D eigenvalue weighted by atomic mass is 28.3. The highest BCUT2D eigenvalue weighted by Crippen LogP contribution is 2.36. The lowest BCUT2D eigenvalue weighted by Gasteiger charge is -2.17. The van der Waals surface area contributed by atoms with Crippen LogP contribution in [0.15, 0.2) is 126 Å². The number of benzene rings is 6. The normalized spacial score (nSPS) is 12.5. The second kappa shape index (κ2) is 12.0. The Morgan fingerprint density at radius 1 is 0.415 bits per heavy atom. The molecule has 0 N–H and O–H groups in total. The molecule has 53 heavy (non-hydrogen) atoms. The van der Waals surface area contributed by atoms with Gasteiger partial charge in [-0.2, -0.15) is 0 Å². The summed E-state index contributed by atoms with van der Waals surface area (Å²) in [4.78, 5) is 0. The third-order valence-electron chi connectivity index (χ3n) is 10.7. The first-order valence-corrected chi connectivity index (χ1v) is 25.5. The topological polar surface area (TPSA) is 48.8 Å². The molecule has 9 rings (SSSR count). The number of fused-ring (bicyclic) bond motifs is 6. The van der Waals surface area contributed by atoms with E-state index in [9.17, 15) is 0 Å². The van der Waals surface area contributed by atoms with Crippen LogP contribution in [0.2, 0.25) is 39.3 Å². The molecule has 9 aromatic rings. The monoisotopic (exact) mass is 724 g/mol. The van der Waals surface area contributed by atoms with Gasteiger partial charge in [0.05, 0.1) is 38.2 Å². The smallest absolute Gasteiger partial charge is 0.248 e. The fourth-order valence-corrected chi connectivity index (χ4v) is 10.0. The van der Waals surface area contributed by atoms with Gasteiger partial charge in [-0.3, -0.25) is 0 Å². The molecule has 0 aliphatic carbocycles. The summed E-state index contributed by atoms with van der Waals surface area (Å²) in [7, 11) is -2.98. The second-order valence-electron chi connectivity index (χ2n) is 16.7. The zero-order valence-corrected chi connectivity index (χ0v) is 33.7. The summed E-state index contributed by atoms with van der Waals surface area (Å²) in [6, 6.07) is 44.5. The largest absolute Gasteiger partial charge is 0.416 e. The lowest BCUT2D eigenvalue weighted by atomic mass is 10.1. The molecule has 0 aliphatic rings. The number of hydrogen-bond acceptors (Lipinski definition) is 3. The molecule has 6 aromatic carbocycles. The Balaban J connectivity index is 1.05. The minimum atomic E-state index is -1.49. The van der Waals surface area contributed by atoms with Crippen molar-refractivity contribution in [2.75, 3.05) is 0 Å². The molecule has 0 aliphatic heterocycles. The number of hydrogen-bond donors (Lipinski definition) is 0. The summed E-state index contributed by atoms with van der Waals surface area (Å²) >= 11 is 0. The summed E-state index contributed by atoms with van der Waals surface area (Å²) in [5, 5.41) is 17.1. The fourth-order valence-electron chi connectivity index (χ4n) is 7.73. The van der Waals surface area contributed by atoms with E-state index >= 15 is 0 Å². The third kappa shape index (κ3) is 5.66. The Hall–Kier alpha value is -5.51. The van der Waals surface area contributed by atoms with Gasteiger partial charge in [0.25, 0.3) is 0 Å². The summed E-state index contributed by atoms with van der Waals surface area (Å²) in [6.07, 6.45) is 0. The lowest BCUT2D eigenvalue weighted by molar-refractivity contribution is 0.584. The van der Waals surface area contributed by atoms with Gasteiger partial charge in [0.1, 0.15) is 0 Å². The first-order chi connectivity index (χ1) is 25.3. The number of nitrogens with zero attached hydrogens (tertiary/aromatic N) is 4. The van der Waals surface area contributed by atoms with Gasteiger partial charge in [-0.25, -0.2) is 0 Å². The molecule has 262 valence electrons. The average molecular weight is 725 g/mol. The van der Waals surface area contributed by atoms with Crippen LogP contribution in [0, 0.1) is 13.8 Å². The molecule has 3 aromatic heterocycles. The van der Waals surface area contributed by atoms with Crippen LogP contribution in [0.3, 0.4) is 0 Å². The van der Waals surface area contributed by atoms with Gasteiger partial charge in [-0.15, -0.1) is 10.2 Å². The number of aryl methyl sites for hydroxylation is 2. The van der Waals surface area contributed by atoms with Crippen LogP contribution in [0.4, 0.5) is 0 Å². The van der Waals surface area contributed by atoms with Crippen molar-refractivity contribution in [2.24, 2.45) is 0 Å². The van der Waals surface area contributed by atoms with Crippen LogP contribution in [-0.2, 0) is 0 Å². The average Bonchev–Trinajstić information content (AvgIpc) is 3.84. The molecule has 0 radical (unpaired) electrons. The lowest BCUT2D eigenvalue weighted by Crippen LogP contribution is -2.37. The van der Waals surface area contributed by atoms with Gasteiger partial charge < -0.3 is 13.6 Å². The first kappa shape index (κ1) is 33.3. The minimum absolute atomic E-state index is 0.503. The Morgan fingerprint density at radius 2 is 0.755 bits per heavy atom. The van der Waals surface area contributed by atoms with Crippen LogP contribution in [0.5, 0.6) is 0 Å². The summed E-state index contributed by atoms with van der Waals surface area (Å²) in [5.41, 5.74) is 11.4. The van der Waals surface area contributed by atoms with E-state index in [1.807, 2.05) is 0 Å². The highest BCUT2D eigenvalue weighted by molar-refractivity contribution is 6.89. The number of aromatic nitrogens is 4. The maximum absolute atomic E-state index is 6.29. The zero-order chi connectivity index (χ0) is 36.8. The van der Waals surface area contributed by atoms with E-state index in [-0.39, 0.29) is 0 Å². The molecule has 3 heterocycles. The highest BCUT2D eigenvalue weighted by Gasteiger charge is 2.23. The van der Waals surface area contributed by atoms with Gasteiger partial charge in [0, 0.05) is 44.0 Å². The predicted molar refractivity (Wildman–Crippen MR) is 229 cm³/mol. The summed E-state index contributed by atoms with van der Waals surface area (Å²) in [5.74, 6) is 1.01. The van der Waals surface area contributed by atoms with E-state index in [0.29, 0.717) is 11.8 Å². The molecule has 0 atom stereocenters. The number of rotatable bonds is 6. The standard InChI is InChI=1S/C46H44N4OSi2/c1-29-9-21-41-37(25-29)38-26-30(2)10-22-42(38)49(41)33-15-11-31(12-16-33)45-47-48-46(51-45)32-13-17-34(18-14-32)50-43-23-19-35(52(3,4)5)27-39(43)40-28-36(53(6,7)8)20-24-44(40)50/h9-28H,1-8H3. The van der Waals surface area contributed by atoms with E-state index in [1.54, 1.807) is 0 Å². The molecule has 5 nitrogen and oxygen atoms in total. The van der Waals surface area contributed by atoms with Gasteiger partial charge in [-0.05, 0) is 98.8 Å². The molecular formula is C46H44N4OSi2. The van der Waals surface area contributed by atoms with E-state index < -0.39 is 16.1 Å². The third-order valence-corrected chi connectivity index (χ3v) is 14.8. The van der Waals surface area contributed by atoms with E-state index in [1.165, 1.54) is 65.1 Å². The second-order valence-corrected chi connectivity index (χ2v) is 26.8. The van der Waals surface area contributed by atoms with Gasteiger partial charge in [0.15, 0.2) is 0 Å². The Bertz CT molecular complexity index is 2730. The Morgan fingerprint density at radius 3 is 1.11 bits per heavy atom. The van der Waals surface area contributed by atoms with E-state index in [4.69, 9.17) is 4.42 Å².